The first-order valence-electron chi connectivity index (χ1n) is 0.698. The van der Waals surface area contributed by atoms with Gasteiger partial charge in [-0.05, 0) is 0 Å². The Hall–Kier alpha value is 0.717. The van der Waals surface area contributed by atoms with Crippen LogP contribution in [0.15, 0.2) is 0 Å². The van der Waals surface area contributed by atoms with E-state index in [9.17, 15) is 0 Å². The molecule has 0 radical (unpaired) electrons. The van der Waals surface area contributed by atoms with Crippen molar-refractivity contribution < 1.29 is 37.8 Å². The van der Waals surface area contributed by atoms with Crippen LogP contribution in [0, 0.1) is 0 Å². The van der Waals surface area contributed by atoms with Crippen molar-refractivity contribution in [2.45, 2.75) is 0 Å². The maximum atomic E-state index is 8.74. The van der Waals surface area contributed by atoms with Crippen LogP contribution in [0.1, 0.15) is 1.43 Å². The molecule has 0 fully saturated rings. The third kappa shape index (κ3) is 427. The maximum Gasteiger partial charge on any atom is 1.00 e. The molecular weight excluding hydrogens is 152 g/mol. The Morgan fingerprint density at radius 1 is 1.25 bits per heavy atom. The molecule has 0 aliphatic carbocycles. The zero-order valence-corrected chi connectivity index (χ0v) is 5.87. The molecule has 0 rings (SSSR count). The fourth-order valence-electron chi connectivity index (χ4n) is 0. The van der Waals surface area contributed by atoms with Gasteiger partial charge in [0.2, 0.25) is 0 Å². The molecular formula is H7ClLiNO4S. The smallest absolute Gasteiger partial charge is 1.00 e. The van der Waals surface area contributed by atoms with Crippen molar-refractivity contribution >= 4 is 22.8 Å². The van der Waals surface area contributed by atoms with Gasteiger partial charge in [0.05, 0.1) is 0 Å². The average molecular weight is 160 g/mol. The van der Waals surface area contributed by atoms with Crippen LogP contribution in [-0.2, 0) is 10.4 Å². The van der Waals surface area contributed by atoms with Gasteiger partial charge in [0.25, 0.3) is 0 Å². The van der Waals surface area contributed by atoms with Crippen molar-refractivity contribution in [3.05, 3.63) is 0 Å². The maximum absolute atomic E-state index is 8.74. The van der Waals surface area contributed by atoms with E-state index >= 15 is 0 Å². The molecule has 50 valence electrons. The van der Waals surface area contributed by atoms with Crippen molar-refractivity contribution in [3.8, 4) is 0 Å². The largest absolute Gasteiger partial charge is 1.00 e. The zero-order valence-electron chi connectivity index (χ0n) is 5.23. The summed E-state index contributed by atoms with van der Waals surface area (Å²) in [5.74, 6) is 0. The standard InChI is InChI=1S/ClH.Li.H3N.H2O4S.H/c;;;1-5(2,3)4;/h1H;;1H3;(H2,1,2,3,4);/q;+1;;;-1. The molecule has 0 amide bonds. The number of rotatable bonds is 0. The van der Waals surface area contributed by atoms with Crippen LogP contribution >= 0.6 is 12.4 Å². The summed E-state index contributed by atoms with van der Waals surface area (Å²) in [6.07, 6.45) is 0. The molecule has 0 spiro atoms. The van der Waals surface area contributed by atoms with Gasteiger partial charge >= 0.3 is 29.3 Å². The van der Waals surface area contributed by atoms with Crippen molar-refractivity contribution in [2.75, 3.05) is 0 Å². The van der Waals surface area contributed by atoms with Crippen molar-refractivity contribution in [3.63, 3.8) is 0 Å². The van der Waals surface area contributed by atoms with E-state index in [-0.39, 0.29) is 38.8 Å². The Morgan fingerprint density at radius 3 is 1.25 bits per heavy atom. The van der Waals surface area contributed by atoms with Crippen molar-refractivity contribution in [1.29, 1.82) is 0 Å². The first kappa shape index (κ1) is 23.3. The summed E-state index contributed by atoms with van der Waals surface area (Å²) in [7, 11) is -4.67. The quantitative estimate of drug-likeness (QED) is 0.259. The second-order valence-corrected chi connectivity index (χ2v) is 1.34. The van der Waals surface area contributed by atoms with E-state index in [1.54, 1.807) is 0 Å². The summed E-state index contributed by atoms with van der Waals surface area (Å²) in [5.41, 5.74) is 0. The molecule has 0 aliphatic heterocycles. The number of halogens is 1. The van der Waals surface area contributed by atoms with Gasteiger partial charge in [-0.15, -0.1) is 12.4 Å². The summed E-state index contributed by atoms with van der Waals surface area (Å²) in [4.78, 5) is 0. The molecule has 0 saturated carbocycles. The average Bonchev–Trinajstić information content (AvgIpc) is 0.722. The molecule has 0 atom stereocenters. The van der Waals surface area contributed by atoms with Gasteiger partial charge in [-0.25, -0.2) is 0 Å². The summed E-state index contributed by atoms with van der Waals surface area (Å²) >= 11 is 0. The van der Waals surface area contributed by atoms with E-state index in [0.29, 0.717) is 0 Å². The summed E-state index contributed by atoms with van der Waals surface area (Å²) < 4.78 is 31.6. The van der Waals surface area contributed by atoms with E-state index in [2.05, 4.69) is 0 Å². The van der Waals surface area contributed by atoms with E-state index < -0.39 is 10.4 Å². The Morgan fingerprint density at radius 2 is 1.25 bits per heavy atom. The predicted octanol–water partition coefficient (Wildman–Crippen LogP) is -2.95. The monoisotopic (exact) mass is 159 g/mol. The van der Waals surface area contributed by atoms with Crippen molar-refractivity contribution in [1.82, 2.24) is 6.15 Å². The van der Waals surface area contributed by atoms with Crippen LogP contribution in [0.2, 0.25) is 0 Å². The van der Waals surface area contributed by atoms with Gasteiger partial charge in [-0.2, -0.15) is 8.42 Å². The van der Waals surface area contributed by atoms with E-state index in [1.165, 1.54) is 0 Å². The number of hydrogen-bond acceptors (Lipinski definition) is 3. The first-order chi connectivity index (χ1) is 2.00. The third-order valence-corrected chi connectivity index (χ3v) is 0. The normalized spacial score (nSPS) is 7.25. The van der Waals surface area contributed by atoms with Gasteiger partial charge in [0.15, 0.2) is 0 Å². The van der Waals surface area contributed by atoms with Crippen molar-refractivity contribution in [2.24, 2.45) is 0 Å². The van der Waals surface area contributed by atoms with Crippen LogP contribution < -0.4 is 25.0 Å². The van der Waals surface area contributed by atoms with Crippen LogP contribution in [0.4, 0.5) is 0 Å². The van der Waals surface area contributed by atoms with Crippen LogP contribution in [-0.4, -0.2) is 17.5 Å². The Balaban J connectivity index is -0.0000000133. The molecule has 8 heavy (non-hydrogen) atoms. The van der Waals surface area contributed by atoms with Crippen LogP contribution in [0.5, 0.6) is 0 Å². The third-order valence-electron chi connectivity index (χ3n) is 0. The zero-order chi connectivity index (χ0) is 4.50. The summed E-state index contributed by atoms with van der Waals surface area (Å²) in [5, 5.41) is 0. The topological polar surface area (TPSA) is 110 Å². The molecule has 0 aromatic rings. The SMILES string of the molecule is Cl.N.O=S(=O)(O)O.[H-].[Li+]. The van der Waals surface area contributed by atoms with E-state index in [0.717, 1.165) is 0 Å². The van der Waals surface area contributed by atoms with Gasteiger partial charge in [0, 0.05) is 0 Å². The van der Waals surface area contributed by atoms with E-state index in [1.807, 2.05) is 0 Å². The molecule has 0 aromatic heterocycles. The fourth-order valence-corrected chi connectivity index (χ4v) is 0. The Labute approximate surface area is 67.1 Å². The first-order valence-corrected chi connectivity index (χ1v) is 2.10. The summed E-state index contributed by atoms with van der Waals surface area (Å²) in [6, 6.07) is 0. The van der Waals surface area contributed by atoms with Gasteiger partial charge in [0.1, 0.15) is 0 Å². The Kier molecular flexibility index (Phi) is 22.5. The van der Waals surface area contributed by atoms with Crippen LogP contribution in [0.25, 0.3) is 0 Å². The minimum Gasteiger partial charge on any atom is -1.00 e. The fraction of sp³-hybridized carbons (Fsp3) is 0. The predicted molar refractivity (Wildman–Crippen MR) is 27.6 cm³/mol. The van der Waals surface area contributed by atoms with E-state index in [4.69, 9.17) is 17.5 Å². The minimum absolute atomic E-state index is 0. The molecule has 5 N–H and O–H groups in total. The molecule has 8 heteroatoms. The molecule has 5 nitrogen and oxygen atoms in total. The molecule has 0 unspecified atom stereocenters. The molecule has 0 saturated heterocycles. The van der Waals surface area contributed by atoms with Crippen LogP contribution in [0.3, 0.4) is 0 Å². The molecule has 0 aliphatic rings. The summed E-state index contributed by atoms with van der Waals surface area (Å²) in [6.45, 7) is 0. The molecule has 0 aromatic carbocycles. The Bertz CT molecular complexity index is 104. The van der Waals surface area contributed by atoms with Gasteiger partial charge < -0.3 is 7.58 Å². The minimum atomic E-state index is -4.67. The molecule has 0 heterocycles. The second kappa shape index (κ2) is 7.72. The number of hydrogen-bond donors (Lipinski definition) is 3. The van der Waals surface area contributed by atoms with Gasteiger partial charge in [-0.1, -0.05) is 0 Å². The second-order valence-electron chi connectivity index (χ2n) is 0.448. The van der Waals surface area contributed by atoms with Gasteiger partial charge in [-0.3, -0.25) is 9.11 Å². The molecule has 0 bridgehead atoms.